The van der Waals surface area contributed by atoms with E-state index in [4.69, 9.17) is 0 Å². The third kappa shape index (κ3) is 6.24. The SMILES string of the molecule is Cc1cc(C)c(CCC(=O)c2c(C)n([C@H](C)C3CCN(S(=O)(=O)CCC4CCCC4)CC3)c3ccccc23)c(=O)[nH]1. The Hall–Kier alpha value is -2.71. The molecule has 2 fully saturated rings. The van der Waals surface area contributed by atoms with E-state index in [1.165, 1.54) is 25.7 Å². The molecule has 1 N–H and O–H groups in total. The van der Waals surface area contributed by atoms with Crippen LogP contribution < -0.4 is 5.56 Å². The van der Waals surface area contributed by atoms with Gasteiger partial charge in [-0.3, -0.25) is 9.59 Å². The summed E-state index contributed by atoms with van der Waals surface area (Å²) in [5.74, 6) is 1.22. The molecule has 1 saturated heterocycles. The number of fused-ring (bicyclic) bond motifs is 1. The van der Waals surface area contributed by atoms with Crippen LogP contribution in [0.25, 0.3) is 10.9 Å². The third-order valence-corrected chi connectivity index (χ3v) is 11.7. The lowest BCUT2D eigenvalue weighted by atomic mass is 9.91. The fourth-order valence-electron chi connectivity index (χ4n) is 7.41. The van der Waals surface area contributed by atoms with Crippen LogP contribution in [-0.4, -0.2) is 46.9 Å². The molecule has 2 aliphatic rings. The first-order valence-electron chi connectivity index (χ1n) is 15.4. The number of H-pyrrole nitrogens is 1. The number of Topliss-reactive ketones (excluding diaryl/α,β-unsaturated/α-hetero) is 1. The van der Waals surface area contributed by atoms with Crippen molar-refractivity contribution in [2.24, 2.45) is 11.8 Å². The Morgan fingerprint density at radius 2 is 1.73 bits per heavy atom. The molecule has 2 aromatic heterocycles. The first kappa shape index (κ1) is 29.8. The van der Waals surface area contributed by atoms with Gasteiger partial charge in [-0.25, -0.2) is 12.7 Å². The quantitative estimate of drug-likeness (QED) is 0.287. The summed E-state index contributed by atoms with van der Waals surface area (Å²) in [6, 6.07) is 10.2. The van der Waals surface area contributed by atoms with Gasteiger partial charge in [0.2, 0.25) is 10.0 Å². The molecule has 1 aromatic carbocycles. The average molecular weight is 580 g/mol. The topological polar surface area (TPSA) is 92.2 Å². The van der Waals surface area contributed by atoms with Crippen LogP contribution in [-0.2, 0) is 16.4 Å². The number of aryl methyl sites for hydroxylation is 2. The highest BCUT2D eigenvalue weighted by atomic mass is 32.2. The Morgan fingerprint density at radius 1 is 1.05 bits per heavy atom. The number of rotatable bonds is 10. The zero-order valence-electron chi connectivity index (χ0n) is 25.0. The van der Waals surface area contributed by atoms with Crippen LogP contribution in [0.4, 0.5) is 0 Å². The van der Waals surface area contributed by atoms with Crippen molar-refractivity contribution in [3.05, 3.63) is 68.8 Å². The van der Waals surface area contributed by atoms with Crippen LogP contribution in [0.5, 0.6) is 0 Å². The summed E-state index contributed by atoms with van der Waals surface area (Å²) in [5, 5.41) is 0.948. The third-order valence-electron chi connectivity index (χ3n) is 9.77. The van der Waals surface area contributed by atoms with E-state index in [0.717, 1.165) is 52.7 Å². The molecule has 7 nitrogen and oxygen atoms in total. The number of ketones is 1. The van der Waals surface area contributed by atoms with Crippen molar-refractivity contribution in [3.63, 3.8) is 0 Å². The second kappa shape index (κ2) is 12.3. The number of carbonyl (C=O) groups is 1. The van der Waals surface area contributed by atoms with Gasteiger partial charge < -0.3 is 9.55 Å². The molecule has 1 saturated carbocycles. The van der Waals surface area contributed by atoms with Crippen molar-refractivity contribution in [3.8, 4) is 0 Å². The van der Waals surface area contributed by atoms with Gasteiger partial charge in [-0.05, 0) is 82.9 Å². The molecule has 0 bridgehead atoms. The van der Waals surface area contributed by atoms with Gasteiger partial charge in [-0.15, -0.1) is 0 Å². The number of pyridine rings is 1. The van der Waals surface area contributed by atoms with Crippen LogP contribution in [0.2, 0.25) is 0 Å². The van der Waals surface area contributed by atoms with E-state index < -0.39 is 10.0 Å². The zero-order valence-corrected chi connectivity index (χ0v) is 25.9. The van der Waals surface area contributed by atoms with Crippen molar-refractivity contribution in [2.75, 3.05) is 18.8 Å². The normalized spacial score (nSPS) is 18.3. The largest absolute Gasteiger partial charge is 0.341 e. The lowest BCUT2D eigenvalue weighted by molar-refractivity contribution is 0.0983. The van der Waals surface area contributed by atoms with E-state index in [1.54, 1.807) is 4.31 Å². The molecule has 1 atom stereocenters. The standard InChI is InChI=1S/C33H45N3O4S/c1-22-21-23(2)34-33(38)28(22)13-14-31(37)32-25(4)36(30-12-8-7-11-29(30)32)24(3)27-15-18-35(19-16-27)41(39,40)20-17-26-9-5-6-10-26/h7-8,11-12,21,24,26-27H,5-6,9-10,13-20H2,1-4H3,(H,34,38)/t24-/m1/s1. The highest BCUT2D eigenvalue weighted by Crippen LogP contribution is 2.37. The second-order valence-electron chi connectivity index (χ2n) is 12.4. The van der Waals surface area contributed by atoms with Gasteiger partial charge in [0.15, 0.2) is 5.78 Å². The molecule has 1 aliphatic heterocycles. The average Bonchev–Trinajstić information content (AvgIpc) is 3.56. The first-order chi connectivity index (χ1) is 19.6. The van der Waals surface area contributed by atoms with Crippen molar-refractivity contribution >= 4 is 26.7 Å². The number of benzene rings is 1. The molecule has 222 valence electrons. The maximum Gasteiger partial charge on any atom is 0.251 e. The molecule has 0 unspecified atom stereocenters. The highest BCUT2D eigenvalue weighted by molar-refractivity contribution is 7.89. The smallest absolute Gasteiger partial charge is 0.251 e. The summed E-state index contributed by atoms with van der Waals surface area (Å²) in [6.07, 6.45) is 7.92. The van der Waals surface area contributed by atoms with E-state index in [1.807, 2.05) is 45.0 Å². The van der Waals surface area contributed by atoms with E-state index in [9.17, 15) is 18.0 Å². The van der Waals surface area contributed by atoms with Crippen molar-refractivity contribution in [2.45, 2.75) is 91.5 Å². The summed E-state index contributed by atoms with van der Waals surface area (Å²) in [7, 11) is -3.22. The Balaban J connectivity index is 1.30. The molecule has 1 aliphatic carbocycles. The van der Waals surface area contributed by atoms with Crippen LogP contribution in [0.1, 0.15) is 97.2 Å². The fraction of sp³-hybridized carbons (Fsp3) is 0.576. The van der Waals surface area contributed by atoms with Gasteiger partial charge >= 0.3 is 0 Å². The number of nitrogens with one attached hydrogen (secondary N) is 1. The van der Waals surface area contributed by atoms with E-state index >= 15 is 0 Å². The molecule has 3 heterocycles. The van der Waals surface area contributed by atoms with E-state index in [0.29, 0.717) is 36.9 Å². The molecule has 5 rings (SSSR count). The molecule has 0 spiro atoms. The van der Waals surface area contributed by atoms with Crippen LogP contribution in [0, 0.1) is 32.6 Å². The Kier molecular flexibility index (Phi) is 8.90. The zero-order chi connectivity index (χ0) is 29.3. The number of nitrogens with zero attached hydrogens (tertiary/aromatic N) is 2. The number of hydrogen-bond acceptors (Lipinski definition) is 4. The minimum absolute atomic E-state index is 0.0483. The first-order valence-corrected chi connectivity index (χ1v) is 17.0. The molecule has 0 radical (unpaired) electrons. The summed E-state index contributed by atoms with van der Waals surface area (Å²) >= 11 is 0. The molecular formula is C33H45N3O4S. The van der Waals surface area contributed by atoms with Gasteiger partial charge in [-0.1, -0.05) is 43.9 Å². The van der Waals surface area contributed by atoms with E-state index in [2.05, 4.69) is 22.5 Å². The van der Waals surface area contributed by atoms with Crippen molar-refractivity contribution in [1.82, 2.24) is 13.9 Å². The van der Waals surface area contributed by atoms with Gasteiger partial charge in [0.25, 0.3) is 5.56 Å². The number of hydrogen-bond donors (Lipinski definition) is 1. The second-order valence-corrected chi connectivity index (χ2v) is 14.5. The van der Waals surface area contributed by atoms with Gasteiger partial charge in [0.05, 0.1) is 5.75 Å². The monoisotopic (exact) mass is 579 g/mol. The number of para-hydroxylation sites is 1. The molecule has 8 heteroatoms. The number of sulfonamides is 1. The lowest BCUT2D eigenvalue weighted by Gasteiger charge is -2.35. The van der Waals surface area contributed by atoms with Crippen LogP contribution in [0.3, 0.4) is 0 Å². The number of carbonyl (C=O) groups excluding carboxylic acids is 1. The Morgan fingerprint density at radius 3 is 2.41 bits per heavy atom. The fourth-order valence-corrected chi connectivity index (χ4v) is 9.07. The molecular weight excluding hydrogens is 534 g/mol. The highest BCUT2D eigenvalue weighted by Gasteiger charge is 2.33. The lowest BCUT2D eigenvalue weighted by Crippen LogP contribution is -2.41. The van der Waals surface area contributed by atoms with Crippen molar-refractivity contribution in [1.29, 1.82) is 0 Å². The van der Waals surface area contributed by atoms with Gasteiger partial charge in [0, 0.05) is 59.0 Å². The minimum atomic E-state index is -3.22. The van der Waals surface area contributed by atoms with Crippen molar-refractivity contribution < 1.29 is 13.2 Å². The molecule has 41 heavy (non-hydrogen) atoms. The number of aromatic amines is 1. The van der Waals surface area contributed by atoms with E-state index in [-0.39, 0.29) is 29.6 Å². The van der Waals surface area contributed by atoms with Crippen LogP contribution >= 0.6 is 0 Å². The number of piperidine rings is 1. The maximum atomic E-state index is 13.7. The predicted molar refractivity (Wildman–Crippen MR) is 165 cm³/mol. The summed E-state index contributed by atoms with van der Waals surface area (Å²) < 4.78 is 30.2. The number of aromatic nitrogens is 2. The Bertz CT molecular complexity index is 1570. The Labute approximate surface area is 244 Å². The van der Waals surface area contributed by atoms with Crippen LogP contribution in [0.15, 0.2) is 35.1 Å². The predicted octanol–water partition coefficient (Wildman–Crippen LogP) is 6.25. The summed E-state index contributed by atoms with van der Waals surface area (Å²) in [4.78, 5) is 29.1. The summed E-state index contributed by atoms with van der Waals surface area (Å²) in [6.45, 7) is 9.15. The van der Waals surface area contributed by atoms with Gasteiger partial charge in [-0.2, -0.15) is 0 Å². The molecule has 3 aromatic rings. The summed E-state index contributed by atoms with van der Waals surface area (Å²) in [5.41, 5.74) is 5.02. The maximum absolute atomic E-state index is 13.7. The minimum Gasteiger partial charge on any atom is -0.341 e. The van der Waals surface area contributed by atoms with Gasteiger partial charge in [0.1, 0.15) is 0 Å². The molecule has 0 amide bonds.